The van der Waals surface area contributed by atoms with Crippen molar-refractivity contribution in [2.75, 3.05) is 17.7 Å². The molecule has 2 aromatic carbocycles. The topological polar surface area (TPSA) is 70.2 Å². The second-order valence-corrected chi connectivity index (χ2v) is 5.51. The maximum absolute atomic E-state index is 12.0. The van der Waals surface area contributed by atoms with Crippen LogP contribution in [0.5, 0.6) is 0 Å². The van der Waals surface area contributed by atoms with Crippen LogP contribution in [-0.4, -0.2) is 19.0 Å². The Labute approximate surface area is 136 Å². The predicted octanol–water partition coefficient (Wildman–Crippen LogP) is 3.81. The lowest BCUT2D eigenvalue weighted by Crippen LogP contribution is -2.20. The maximum atomic E-state index is 12.0. The van der Waals surface area contributed by atoms with Gasteiger partial charge in [-0.3, -0.25) is 4.79 Å². The lowest BCUT2D eigenvalue weighted by molar-refractivity contribution is 0.0963. The van der Waals surface area contributed by atoms with Crippen LogP contribution in [-0.2, 0) is 0 Å². The van der Waals surface area contributed by atoms with Crippen LogP contribution >= 0.6 is 0 Å². The quantitative estimate of drug-likeness (QED) is 0.803. The molecule has 0 radical (unpaired) electrons. The molecule has 0 aromatic heterocycles. The molecule has 0 unspecified atom stereocenters. The summed E-state index contributed by atoms with van der Waals surface area (Å²) in [6.45, 7) is 4.25. The van der Waals surface area contributed by atoms with E-state index >= 15 is 0 Å². The van der Waals surface area contributed by atoms with Crippen molar-refractivity contribution in [2.45, 2.75) is 19.8 Å². The molecule has 0 bridgehead atoms. The molecule has 3 N–H and O–H groups in total. The third-order valence-electron chi connectivity index (χ3n) is 3.47. The zero-order valence-electron chi connectivity index (χ0n) is 13.5. The van der Waals surface area contributed by atoms with Crippen molar-refractivity contribution >= 4 is 23.3 Å². The fourth-order valence-electron chi connectivity index (χ4n) is 2.09. The summed E-state index contributed by atoms with van der Waals surface area (Å²) in [6.07, 6.45) is 0. The fraction of sp³-hybridized carbons (Fsp3) is 0.222. The number of rotatable bonds is 4. The molecule has 0 fully saturated rings. The third-order valence-corrected chi connectivity index (χ3v) is 3.47. The molecule has 23 heavy (non-hydrogen) atoms. The van der Waals surface area contributed by atoms with Gasteiger partial charge in [-0.25, -0.2) is 4.79 Å². The van der Waals surface area contributed by atoms with E-state index in [0.717, 1.165) is 5.69 Å². The number of hydrogen-bond acceptors (Lipinski definition) is 2. The lowest BCUT2D eigenvalue weighted by atomic mass is 10.0. The van der Waals surface area contributed by atoms with Crippen LogP contribution in [0.2, 0.25) is 0 Å². The Balaban J connectivity index is 1.95. The number of hydrogen-bond donors (Lipinski definition) is 3. The van der Waals surface area contributed by atoms with Gasteiger partial charge in [-0.1, -0.05) is 26.0 Å². The van der Waals surface area contributed by atoms with E-state index in [1.54, 1.807) is 31.3 Å². The Morgan fingerprint density at radius 2 is 1.30 bits per heavy atom. The molecule has 3 amide bonds. The third kappa shape index (κ3) is 4.57. The number of urea groups is 1. The van der Waals surface area contributed by atoms with Gasteiger partial charge in [-0.2, -0.15) is 0 Å². The summed E-state index contributed by atoms with van der Waals surface area (Å²) in [7, 11) is 1.58. The van der Waals surface area contributed by atoms with Crippen molar-refractivity contribution in [3.05, 3.63) is 59.7 Å². The minimum absolute atomic E-state index is 0.161. The average molecular weight is 311 g/mol. The van der Waals surface area contributed by atoms with Gasteiger partial charge in [0.2, 0.25) is 0 Å². The van der Waals surface area contributed by atoms with Crippen LogP contribution in [0.1, 0.15) is 35.7 Å². The van der Waals surface area contributed by atoms with Crippen molar-refractivity contribution in [3.8, 4) is 0 Å². The molecule has 120 valence electrons. The number of amides is 3. The first-order valence-corrected chi connectivity index (χ1v) is 7.49. The van der Waals surface area contributed by atoms with E-state index in [4.69, 9.17) is 0 Å². The van der Waals surface area contributed by atoms with Gasteiger partial charge in [0, 0.05) is 24.0 Å². The average Bonchev–Trinajstić information content (AvgIpc) is 2.55. The van der Waals surface area contributed by atoms with Crippen LogP contribution < -0.4 is 16.0 Å². The van der Waals surface area contributed by atoms with Gasteiger partial charge in [0.25, 0.3) is 5.91 Å². The molecule has 0 aliphatic heterocycles. The first kappa shape index (κ1) is 16.5. The Bertz CT molecular complexity index is 676. The van der Waals surface area contributed by atoms with E-state index in [-0.39, 0.29) is 11.9 Å². The van der Waals surface area contributed by atoms with Gasteiger partial charge in [0.1, 0.15) is 0 Å². The predicted molar refractivity (Wildman–Crippen MR) is 93.0 cm³/mol. The molecule has 0 aliphatic carbocycles. The smallest absolute Gasteiger partial charge is 0.323 e. The highest BCUT2D eigenvalue weighted by Gasteiger charge is 2.06. The Hall–Kier alpha value is -2.82. The monoisotopic (exact) mass is 311 g/mol. The Morgan fingerprint density at radius 1 is 0.826 bits per heavy atom. The zero-order valence-corrected chi connectivity index (χ0v) is 13.5. The highest BCUT2D eigenvalue weighted by atomic mass is 16.2. The highest BCUT2D eigenvalue weighted by Crippen LogP contribution is 2.17. The van der Waals surface area contributed by atoms with E-state index in [9.17, 15) is 9.59 Å². The molecule has 5 nitrogen and oxygen atoms in total. The second kappa shape index (κ2) is 7.45. The standard InChI is InChI=1S/C18H21N3O2/c1-12(2)13-4-8-15(9-5-13)20-18(23)21-16-10-6-14(7-11-16)17(22)19-3/h4-12H,1-3H3,(H,19,22)(H2,20,21,23). The Kier molecular flexibility index (Phi) is 5.36. The fourth-order valence-corrected chi connectivity index (χ4v) is 2.09. The van der Waals surface area contributed by atoms with Crippen molar-refractivity contribution in [2.24, 2.45) is 0 Å². The first-order valence-electron chi connectivity index (χ1n) is 7.49. The summed E-state index contributed by atoms with van der Waals surface area (Å²) < 4.78 is 0. The molecule has 0 heterocycles. The van der Waals surface area contributed by atoms with Crippen LogP contribution in [0.4, 0.5) is 16.2 Å². The van der Waals surface area contributed by atoms with Crippen molar-refractivity contribution in [3.63, 3.8) is 0 Å². The van der Waals surface area contributed by atoms with Crippen molar-refractivity contribution < 1.29 is 9.59 Å². The number of carbonyl (C=O) groups is 2. The minimum Gasteiger partial charge on any atom is -0.355 e. The Morgan fingerprint density at radius 3 is 1.74 bits per heavy atom. The van der Waals surface area contributed by atoms with E-state index in [1.807, 2.05) is 24.3 Å². The van der Waals surface area contributed by atoms with Crippen molar-refractivity contribution in [1.82, 2.24) is 5.32 Å². The molecule has 2 rings (SSSR count). The van der Waals surface area contributed by atoms with Gasteiger partial charge in [0.05, 0.1) is 0 Å². The van der Waals surface area contributed by atoms with Crippen LogP contribution in [0, 0.1) is 0 Å². The van der Waals surface area contributed by atoms with E-state index in [0.29, 0.717) is 17.2 Å². The highest BCUT2D eigenvalue weighted by molar-refractivity contribution is 6.00. The maximum Gasteiger partial charge on any atom is 0.323 e. The molecule has 5 heteroatoms. The second-order valence-electron chi connectivity index (χ2n) is 5.51. The van der Waals surface area contributed by atoms with Gasteiger partial charge in [-0.15, -0.1) is 0 Å². The molecule has 0 spiro atoms. The summed E-state index contributed by atoms with van der Waals surface area (Å²) in [4.78, 5) is 23.4. The number of nitrogens with one attached hydrogen (secondary N) is 3. The molecule has 0 aliphatic rings. The molecule has 0 saturated heterocycles. The largest absolute Gasteiger partial charge is 0.355 e. The van der Waals surface area contributed by atoms with Gasteiger partial charge >= 0.3 is 6.03 Å². The van der Waals surface area contributed by atoms with Crippen molar-refractivity contribution in [1.29, 1.82) is 0 Å². The molecular weight excluding hydrogens is 290 g/mol. The number of carbonyl (C=O) groups excluding carboxylic acids is 2. The van der Waals surface area contributed by atoms with Crippen LogP contribution in [0.15, 0.2) is 48.5 Å². The molecule has 2 aromatic rings. The van der Waals surface area contributed by atoms with Gasteiger partial charge in [-0.05, 0) is 47.9 Å². The van der Waals surface area contributed by atoms with E-state index < -0.39 is 0 Å². The molecule has 0 atom stereocenters. The van der Waals surface area contributed by atoms with Gasteiger partial charge < -0.3 is 16.0 Å². The zero-order chi connectivity index (χ0) is 16.8. The SMILES string of the molecule is CNC(=O)c1ccc(NC(=O)Nc2ccc(C(C)C)cc2)cc1. The number of anilines is 2. The van der Waals surface area contributed by atoms with Gasteiger partial charge in [0.15, 0.2) is 0 Å². The summed E-state index contributed by atoms with van der Waals surface area (Å²) in [5, 5.41) is 8.05. The van der Waals surface area contributed by atoms with E-state index in [1.165, 1.54) is 5.56 Å². The van der Waals surface area contributed by atoms with E-state index in [2.05, 4.69) is 29.8 Å². The van der Waals surface area contributed by atoms with Crippen LogP contribution in [0.25, 0.3) is 0 Å². The summed E-state index contributed by atoms with van der Waals surface area (Å²) >= 11 is 0. The number of benzene rings is 2. The normalized spacial score (nSPS) is 10.3. The lowest BCUT2D eigenvalue weighted by Gasteiger charge is -2.10. The summed E-state index contributed by atoms with van der Waals surface area (Å²) in [5.41, 5.74) is 3.12. The minimum atomic E-state index is -0.324. The molecular formula is C18H21N3O2. The van der Waals surface area contributed by atoms with Crippen LogP contribution in [0.3, 0.4) is 0 Å². The first-order chi connectivity index (χ1) is 11.0. The summed E-state index contributed by atoms with van der Waals surface area (Å²) in [5.74, 6) is 0.294. The molecule has 0 saturated carbocycles. The summed E-state index contributed by atoms with van der Waals surface area (Å²) in [6, 6.07) is 14.1.